The van der Waals surface area contributed by atoms with Gasteiger partial charge < -0.3 is 14.4 Å². The molecule has 156 valence electrons. The number of methoxy groups -OCH3 is 2. The van der Waals surface area contributed by atoms with Crippen molar-refractivity contribution in [1.29, 1.82) is 0 Å². The van der Waals surface area contributed by atoms with Gasteiger partial charge in [0.15, 0.2) is 5.82 Å². The van der Waals surface area contributed by atoms with Gasteiger partial charge in [0.05, 0.1) is 20.1 Å². The van der Waals surface area contributed by atoms with Crippen LogP contribution in [0.3, 0.4) is 0 Å². The van der Waals surface area contributed by atoms with Crippen LogP contribution in [0.2, 0.25) is 0 Å². The van der Waals surface area contributed by atoms with E-state index in [1.54, 1.807) is 14.2 Å². The lowest BCUT2D eigenvalue weighted by molar-refractivity contribution is -0.129. The van der Waals surface area contributed by atoms with Crippen LogP contribution in [-0.4, -0.2) is 59.9 Å². The first-order chi connectivity index (χ1) is 14.7. The molecule has 7 heteroatoms. The summed E-state index contributed by atoms with van der Waals surface area (Å²) in [7, 11) is 3.32. The topological polar surface area (TPSA) is 80.3 Å². The SMILES string of the molecule is COC[C@@H]1CN(C(=O)Cc2cccc(OC)c2)C[C@H]1c1nc(-c2ccccc2)n[nH]1. The van der Waals surface area contributed by atoms with E-state index >= 15 is 0 Å². The number of carbonyl (C=O) groups is 1. The van der Waals surface area contributed by atoms with E-state index < -0.39 is 0 Å². The highest BCUT2D eigenvalue weighted by Crippen LogP contribution is 2.32. The minimum Gasteiger partial charge on any atom is -0.497 e. The fourth-order valence-corrected chi connectivity index (χ4v) is 3.99. The summed E-state index contributed by atoms with van der Waals surface area (Å²) in [5.41, 5.74) is 1.91. The third kappa shape index (κ3) is 4.36. The quantitative estimate of drug-likeness (QED) is 0.653. The zero-order chi connectivity index (χ0) is 20.9. The molecule has 4 rings (SSSR count). The summed E-state index contributed by atoms with van der Waals surface area (Å²) < 4.78 is 10.7. The van der Waals surface area contributed by atoms with E-state index in [9.17, 15) is 4.79 Å². The number of hydrogen-bond acceptors (Lipinski definition) is 5. The van der Waals surface area contributed by atoms with Gasteiger partial charge in [-0.15, -0.1) is 0 Å². The van der Waals surface area contributed by atoms with Crippen molar-refractivity contribution >= 4 is 5.91 Å². The Morgan fingerprint density at radius 3 is 2.73 bits per heavy atom. The van der Waals surface area contributed by atoms with Crippen LogP contribution in [0.4, 0.5) is 0 Å². The molecule has 1 fully saturated rings. The van der Waals surface area contributed by atoms with Crippen LogP contribution in [0.1, 0.15) is 17.3 Å². The standard InChI is InChI=1S/C23H26N4O3/c1-29-15-18-13-27(21(28)12-16-7-6-10-19(11-16)30-2)14-20(18)23-24-22(25-26-23)17-8-4-3-5-9-17/h3-11,18,20H,12-15H2,1-2H3,(H,24,25,26)/t18-,20+/m0/s1. The highest BCUT2D eigenvalue weighted by atomic mass is 16.5. The number of nitrogens with one attached hydrogen (secondary N) is 1. The van der Waals surface area contributed by atoms with E-state index in [2.05, 4.69) is 10.2 Å². The van der Waals surface area contributed by atoms with Crippen molar-refractivity contribution in [3.8, 4) is 17.1 Å². The molecular weight excluding hydrogens is 380 g/mol. The smallest absolute Gasteiger partial charge is 0.227 e. The molecule has 3 aromatic rings. The second-order valence-corrected chi connectivity index (χ2v) is 7.56. The first kappa shape index (κ1) is 20.1. The molecule has 2 heterocycles. The average molecular weight is 406 g/mol. The number of aromatic nitrogens is 3. The Morgan fingerprint density at radius 2 is 1.97 bits per heavy atom. The fourth-order valence-electron chi connectivity index (χ4n) is 3.99. The number of aromatic amines is 1. The summed E-state index contributed by atoms with van der Waals surface area (Å²) in [6, 6.07) is 17.5. The maximum Gasteiger partial charge on any atom is 0.227 e. The molecule has 1 aliphatic heterocycles. The first-order valence-electron chi connectivity index (χ1n) is 10.0. The highest BCUT2D eigenvalue weighted by Gasteiger charge is 2.38. The van der Waals surface area contributed by atoms with E-state index in [0.29, 0.717) is 31.9 Å². The lowest BCUT2D eigenvalue weighted by Gasteiger charge is -2.16. The van der Waals surface area contributed by atoms with E-state index in [4.69, 9.17) is 14.5 Å². The third-order valence-electron chi connectivity index (χ3n) is 5.55. The second-order valence-electron chi connectivity index (χ2n) is 7.56. The highest BCUT2D eigenvalue weighted by molar-refractivity contribution is 5.79. The number of ether oxygens (including phenoxy) is 2. The van der Waals surface area contributed by atoms with Crippen molar-refractivity contribution < 1.29 is 14.3 Å². The number of rotatable bonds is 7. The van der Waals surface area contributed by atoms with Gasteiger partial charge in [-0.25, -0.2) is 4.98 Å². The minimum absolute atomic E-state index is 0.0594. The molecule has 0 saturated carbocycles. The largest absolute Gasteiger partial charge is 0.497 e. The van der Waals surface area contributed by atoms with Gasteiger partial charge in [0.2, 0.25) is 5.91 Å². The number of hydrogen-bond donors (Lipinski definition) is 1. The van der Waals surface area contributed by atoms with Crippen LogP contribution in [-0.2, 0) is 16.0 Å². The van der Waals surface area contributed by atoms with Crippen LogP contribution in [0.25, 0.3) is 11.4 Å². The molecule has 0 radical (unpaired) electrons. The zero-order valence-corrected chi connectivity index (χ0v) is 17.2. The Labute approximate surface area is 176 Å². The van der Waals surface area contributed by atoms with Crippen LogP contribution in [0.5, 0.6) is 5.75 Å². The van der Waals surface area contributed by atoms with Crippen molar-refractivity contribution in [1.82, 2.24) is 20.1 Å². The Bertz CT molecular complexity index is 989. The summed E-state index contributed by atoms with van der Waals surface area (Å²) >= 11 is 0. The molecule has 30 heavy (non-hydrogen) atoms. The van der Waals surface area contributed by atoms with Crippen molar-refractivity contribution in [3.05, 3.63) is 66.0 Å². The number of nitrogens with zero attached hydrogens (tertiary/aromatic N) is 3. The van der Waals surface area contributed by atoms with Crippen LogP contribution < -0.4 is 4.74 Å². The maximum absolute atomic E-state index is 13.0. The van der Waals surface area contributed by atoms with Crippen molar-refractivity contribution in [2.75, 3.05) is 33.9 Å². The summed E-state index contributed by atoms with van der Waals surface area (Å²) in [5, 5.41) is 7.48. The van der Waals surface area contributed by atoms with Crippen molar-refractivity contribution in [2.24, 2.45) is 5.92 Å². The molecule has 1 aromatic heterocycles. The van der Waals surface area contributed by atoms with Gasteiger partial charge in [-0.2, -0.15) is 5.10 Å². The van der Waals surface area contributed by atoms with Crippen LogP contribution in [0, 0.1) is 5.92 Å². The Hall–Kier alpha value is -3.19. The monoisotopic (exact) mass is 406 g/mol. The molecule has 1 saturated heterocycles. The number of H-pyrrole nitrogens is 1. The molecule has 2 atom stereocenters. The summed E-state index contributed by atoms with van der Waals surface area (Å²) in [6.07, 6.45) is 0.343. The second kappa shape index (κ2) is 9.09. The molecule has 1 amide bonds. The van der Waals surface area contributed by atoms with Gasteiger partial charge in [0.25, 0.3) is 0 Å². The third-order valence-corrected chi connectivity index (χ3v) is 5.55. The van der Waals surface area contributed by atoms with Gasteiger partial charge in [-0.1, -0.05) is 42.5 Å². The molecule has 0 aliphatic carbocycles. The molecule has 0 bridgehead atoms. The van der Waals surface area contributed by atoms with Gasteiger partial charge in [-0.05, 0) is 17.7 Å². The number of likely N-dealkylation sites (tertiary alicyclic amines) is 1. The normalized spacial score (nSPS) is 18.5. The predicted octanol–water partition coefficient (Wildman–Crippen LogP) is 2.91. The lowest BCUT2D eigenvalue weighted by Crippen LogP contribution is -2.30. The molecule has 0 spiro atoms. The predicted molar refractivity (Wildman–Crippen MR) is 113 cm³/mol. The molecule has 2 aromatic carbocycles. The number of amides is 1. The summed E-state index contributed by atoms with van der Waals surface area (Å²) in [6.45, 7) is 1.80. The Morgan fingerprint density at radius 1 is 1.13 bits per heavy atom. The molecular formula is C23H26N4O3. The van der Waals surface area contributed by atoms with Crippen molar-refractivity contribution in [3.63, 3.8) is 0 Å². The van der Waals surface area contributed by atoms with Gasteiger partial charge in [-0.3, -0.25) is 9.89 Å². The maximum atomic E-state index is 13.0. The molecule has 0 unspecified atom stereocenters. The van der Waals surface area contributed by atoms with E-state index in [1.165, 1.54) is 0 Å². The summed E-state index contributed by atoms with van der Waals surface area (Å²) in [5.74, 6) is 2.54. The Kier molecular flexibility index (Phi) is 6.09. The Balaban J connectivity index is 1.49. The fraction of sp³-hybridized carbons (Fsp3) is 0.348. The lowest BCUT2D eigenvalue weighted by atomic mass is 9.96. The van der Waals surface area contributed by atoms with Gasteiger partial charge in [0.1, 0.15) is 11.6 Å². The van der Waals surface area contributed by atoms with Gasteiger partial charge >= 0.3 is 0 Å². The molecule has 7 nitrogen and oxygen atoms in total. The van der Waals surface area contributed by atoms with Crippen LogP contribution >= 0.6 is 0 Å². The molecule has 1 aliphatic rings. The van der Waals surface area contributed by atoms with Crippen molar-refractivity contribution in [2.45, 2.75) is 12.3 Å². The van der Waals surface area contributed by atoms with Crippen LogP contribution in [0.15, 0.2) is 54.6 Å². The summed E-state index contributed by atoms with van der Waals surface area (Å²) in [4.78, 5) is 19.6. The minimum atomic E-state index is 0.0594. The van der Waals surface area contributed by atoms with Gasteiger partial charge in [0, 0.05) is 37.6 Å². The number of carbonyl (C=O) groups excluding carboxylic acids is 1. The molecule has 1 N–H and O–H groups in total. The van der Waals surface area contributed by atoms with E-state index in [1.807, 2.05) is 59.5 Å². The number of benzene rings is 2. The van der Waals surface area contributed by atoms with E-state index in [0.717, 1.165) is 22.7 Å². The van der Waals surface area contributed by atoms with E-state index in [-0.39, 0.29) is 17.7 Å². The first-order valence-corrected chi connectivity index (χ1v) is 10.0. The average Bonchev–Trinajstić information content (AvgIpc) is 3.42. The zero-order valence-electron chi connectivity index (χ0n) is 17.2.